The number of benzene rings is 1. The van der Waals surface area contributed by atoms with E-state index in [1.54, 1.807) is 0 Å². The molecule has 1 aliphatic carbocycles. The number of carboxylic acids is 1. The summed E-state index contributed by atoms with van der Waals surface area (Å²) in [7, 11) is 0. The van der Waals surface area contributed by atoms with Crippen LogP contribution in [0, 0.1) is 5.92 Å². The Bertz CT molecular complexity index is 384. The number of carboxylic acid groups (broad SMARTS) is 1. The summed E-state index contributed by atoms with van der Waals surface area (Å²) >= 11 is 0. The molecular weight excluding hydrogens is 218 g/mol. The van der Waals surface area contributed by atoms with Gasteiger partial charge in [0.25, 0.3) is 0 Å². The van der Waals surface area contributed by atoms with Crippen LogP contribution in [0.4, 0.5) is 0 Å². The fourth-order valence-electron chi connectivity index (χ4n) is 1.62. The number of ether oxygens (including phenoxy) is 1. The second kappa shape index (κ2) is 5.19. The second-order valence-corrected chi connectivity index (χ2v) is 4.53. The van der Waals surface area contributed by atoms with E-state index >= 15 is 0 Å². The second-order valence-electron chi connectivity index (χ2n) is 4.53. The molecule has 0 radical (unpaired) electrons. The van der Waals surface area contributed by atoms with E-state index < -0.39 is 12.0 Å². The van der Waals surface area contributed by atoms with Gasteiger partial charge in [0.2, 0.25) is 0 Å². The van der Waals surface area contributed by atoms with Gasteiger partial charge in [0, 0.05) is 6.04 Å². The standard InChI is InChI=1S/C13H17NO3/c14-12(7-13(15)16)10-3-5-11(6-4-10)17-8-9-1-2-9/h3-6,9,12H,1-2,7-8,14H2,(H,15,16). The lowest BCUT2D eigenvalue weighted by Crippen LogP contribution is -2.14. The van der Waals surface area contributed by atoms with Crippen LogP contribution in [-0.4, -0.2) is 17.7 Å². The summed E-state index contributed by atoms with van der Waals surface area (Å²) in [4.78, 5) is 10.5. The number of aliphatic carboxylic acids is 1. The highest BCUT2D eigenvalue weighted by molar-refractivity contribution is 5.67. The van der Waals surface area contributed by atoms with E-state index in [9.17, 15) is 4.79 Å². The van der Waals surface area contributed by atoms with Gasteiger partial charge in [-0.3, -0.25) is 4.79 Å². The van der Waals surface area contributed by atoms with Crippen LogP contribution in [0.1, 0.15) is 30.9 Å². The number of rotatable bonds is 6. The zero-order valence-electron chi connectivity index (χ0n) is 9.63. The molecule has 92 valence electrons. The van der Waals surface area contributed by atoms with Crippen molar-refractivity contribution in [2.45, 2.75) is 25.3 Å². The van der Waals surface area contributed by atoms with Gasteiger partial charge >= 0.3 is 5.97 Å². The van der Waals surface area contributed by atoms with Gasteiger partial charge in [-0.05, 0) is 36.5 Å². The molecule has 0 aliphatic heterocycles. The van der Waals surface area contributed by atoms with Crippen LogP contribution >= 0.6 is 0 Å². The highest BCUT2D eigenvalue weighted by atomic mass is 16.5. The lowest BCUT2D eigenvalue weighted by molar-refractivity contribution is -0.137. The molecule has 1 unspecified atom stereocenters. The van der Waals surface area contributed by atoms with Gasteiger partial charge in [0.15, 0.2) is 0 Å². The van der Waals surface area contributed by atoms with E-state index in [4.69, 9.17) is 15.6 Å². The van der Waals surface area contributed by atoms with Gasteiger partial charge in [-0.25, -0.2) is 0 Å². The van der Waals surface area contributed by atoms with E-state index in [1.165, 1.54) is 12.8 Å². The quantitative estimate of drug-likeness (QED) is 0.790. The highest BCUT2D eigenvalue weighted by Gasteiger charge is 2.21. The van der Waals surface area contributed by atoms with Gasteiger partial charge in [0.05, 0.1) is 13.0 Å². The minimum absolute atomic E-state index is 0.0533. The fraction of sp³-hybridized carbons (Fsp3) is 0.462. The number of hydrogen-bond donors (Lipinski definition) is 2. The molecule has 1 fully saturated rings. The van der Waals surface area contributed by atoms with Gasteiger partial charge in [-0.15, -0.1) is 0 Å². The first-order valence-electron chi connectivity index (χ1n) is 5.85. The summed E-state index contributed by atoms with van der Waals surface area (Å²) in [6.07, 6.45) is 2.48. The molecule has 1 atom stereocenters. The third-order valence-corrected chi connectivity index (χ3v) is 2.89. The normalized spacial score (nSPS) is 16.5. The molecule has 1 saturated carbocycles. The molecular formula is C13H17NO3. The average Bonchev–Trinajstić information content (AvgIpc) is 3.10. The van der Waals surface area contributed by atoms with Crippen LogP contribution < -0.4 is 10.5 Å². The van der Waals surface area contributed by atoms with Crippen LogP contribution in [0.5, 0.6) is 5.75 Å². The lowest BCUT2D eigenvalue weighted by atomic mass is 10.0. The third-order valence-electron chi connectivity index (χ3n) is 2.89. The molecule has 1 aromatic carbocycles. The molecule has 0 saturated heterocycles. The van der Waals surface area contributed by atoms with Crippen molar-refractivity contribution in [2.75, 3.05) is 6.61 Å². The van der Waals surface area contributed by atoms with Crippen LogP contribution in [0.3, 0.4) is 0 Å². The molecule has 0 amide bonds. The first kappa shape index (κ1) is 11.9. The topological polar surface area (TPSA) is 72.6 Å². The maximum absolute atomic E-state index is 10.5. The van der Waals surface area contributed by atoms with E-state index in [-0.39, 0.29) is 6.42 Å². The van der Waals surface area contributed by atoms with Gasteiger partial charge < -0.3 is 15.6 Å². The van der Waals surface area contributed by atoms with Gasteiger partial charge in [-0.1, -0.05) is 12.1 Å². The van der Waals surface area contributed by atoms with E-state index in [1.807, 2.05) is 24.3 Å². The molecule has 0 aromatic heterocycles. The predicted octanol–water partition coefficient (Wildman–Crippen LogP) is 1.95. The number of nitrogens with two attached hydrogens (primary N) is 1. The van der Waals surface area contributed by atoms with Crippen molar-refractivity contribution >= 4 is 5.97 Å². The summed E-state index contributed by atoms with van der Waals surface area (Å²) < 4.78 is 5.59. The summed E-state index contributed by atoms with van der Waals surface area (Å²) in [5.41, 5.74) is 6.58. The highest BCUT2D eigenvalue weighted by Crippen LogP contribution is 2.29. The Morgan fingerprint density at radius 2 is 2.06 bits per heavy atom. The molecule has 17 heavy (non-hydrogen) atoms. The third kappa shape index (κ3) is 3.75. The van der Waals surface area contributed by atoms with Crippen LogP contribution in [0.15, 0.2) is 24.3 Å². The number of carbonyl (C=O) groups is 1. The van der Waals surface area contributed by atoms with Crippen molar-refractivity contribution in [1.29, 1.82) is 0 Å². The van der Waals surface area contributed by atoms with Crippen LogP contribution in [0.25, 0.3) is 0 Å². The van der Waals surface area contributed by atoms with Crippen molar-refractivity contribution in [3.05, 3.63) is 29.8 Å². The zero-order chi connectivity index (χ0) is 12.3. The van der Waals surface area contributed by atoms with E-state index in [2.05, 4.69) is 0 Å². The molecule has 4 heteroatoms. The van der Waals surface area contributed by atoms with Crippen molar-refractivity contribution in [1.82, 2.24) is 0 Å². The Kier molecular flexibility index (Phi) is 3.64. The first-order valence-corrected chi connectivity index (χ1v) is 5.85. The Labute approximate surface area is 100 Å². The Balaban J connectivity index is 1.89. The zero-order valence-corrected chi connectivity index (χ0v) is 9.63. The van der Waals surface area contributed by atoms with Crippen LogP contribution in [0.2, 0.25) is 0 Å². The maximum Gasteiger partial charge on any atom is 0.305 e. The van der Waals surface area contributed by atoms with Gasteiger partial charge in [-0.2, -0.15) is 0 Å². The summed E-state index contributed by atoms with van der Waals surface area (Å²) in [5, 5.41) is 8.65. The SMILES string of the molecule is NC(CC(=O)O)c1ccc(OCC2CC2)cc1. The molecule has 4 nitrogen and oxygen atoms in total. The van der Waals surface area contributed by atoms with Crippen molar-refractivity contribution in [3.8, 4) is 5.75 Å². The monoisotopic (exact) mass is 235 g/mol. The van der Waals surface area contributed by atoms with Crippen LogP contribution in [-0.2, 0) is 4.79 Å². The Hall–Kier alpha value is -1.55. The van der Waals surface area contributed by atoms with Crippen molar-refractivity contribution in [3.63, 3.8) is 0 Å². The molecule has 3 N–H and O–H groups in total. The molecule has 1 aromatic rings. The Morgan fingerprint density at radius 1 is 1.41 bits per heavy atom. The van der Waals surface area contributed by atoms with Gasteiger partial charge in [0.1, 0.15) is 5.75 Å². The van der Waals surface area contributed by atoms with E-state index in [0.29, 0.717) is 0 Å². The molecule has 1 aliphatic rings. The minimum Gasteiger partial charge on any atom is -0.493 e. The molecule has 0 spiro atoms. The van der Waals surface area contributed by atoms with E-state index in [0.717, 1.165) is 23.8 Å². The molecule has 0 heterocycles. The summed E-state index contributed by atoms with van der Waals surface area (Å²) in [6.45, 7) is 0.778. The average molecular weight is 235 g/mol. The number of hydrogen-bond acceptors (Lipinski definition) is 3. The summed E-state index contributed by atoms with van der Waals surface area (Å²) in [5.74, 6) is 0.665. The maximum atomic E-state index is 10.5. The largest absolute Gasteiger partial charge is 0.493 e. The minimum atomic E-state index is -0.883. The first-order chi connectivity index (χ1) is 8.15. The molecule has 2 rings (SSSR count). The predicted molar refractivity (Wildman–Crippen MR) is 63.8 cm³/mol. The summed E-state index contributed by atoms with van der Waals surface area (Å²) in [6, 6.07) is 6.90. The molecule has 0 bridgehead atoms. The fourth-order valence-corrected chi connectivity index (χ4v) is 1.62. The van der Waals surface area contributed by atoms with Crippen molar-refractivity contribution < 1.29 is 14.6 Å². The Morgan fingerprint density at radius 3 is 2.59 bits per heavy atom. The smallest absolute Gasteiger partial charge is 0.305 e. The van der Waals surface area contributed by atoms with Crippen molar-refractivity contribution in [2.24, 2.45) is 11.7 Å². The lowest BCUT2D eigenvalue weighted by Gasteiger charge is -2.10.